The van der Waals surface area contributed by atoms with Crippen LogP contribution in [0, 0.1) is 19.8 Å². The molecule has 0 aliphatic heterocycles. The average molecular weight is 265 g/mol. The fraction of sp³-hybridized carbons (Fsp3) is 0.533. The third kappa shape index (κ3) is 3.96. The minimum atomic E-state index is -0.295. The molecule has 0 saturated carbocycles. The predicted octanol–water partition coefficient (Wildman–Crippen LogP) is 2.15. The van der Waals surface area contributed by atoms with E-state index in [0.29, 0.717) is 17.5 Å². The lowest BCUT2D eigenvalue weighted by Crippen LogP contribution is -2.39. The zero-order valence-corrected chi connectivity index (χ0v) is 12.0. The van der Waals surface area contributed by atoms with E-state index in [4.69, 9.17) is 5.11 Å². The molecule has 1 atom stereocenters. The molecule has 0 radical (unpaired) electrons. The van der Waals surface area contributed by atoms with E-state index in [1.54, 1.807) is 13.0 Å². The highest BCUT2D eigenvalue weighted by Gasteiger charge is 2.19. The van der Waals surface area contributed by atoms with E-state index in [9.17, 15) is 9.90 Å². The van der Waals surface area contributed by atoms with E-state index >= 15 is 0 Å². The molecule has 4 heteroatoms. The summed E-state index contributed by atoms with van der Waals surface area (Å²) in [7, 11) is 0. The standard InChI is InChI=1S/C15H23NO3/c1-9(2)13(5-6-17)16-15(19)12-8-10(3)7-11(4)14(12)18/h7-9,13,17-18H,5-6H2,1-4H3,(H,16,19). The molecule has 0 heterocycles. The Bertz CT molecular complexity index is 455. The number of phenols is 1. The van der Waals surface area contributed by atoms with Crippen molar-refractivity contribution in [2.24, 2.45) is 5.92 Å². The first kappa shape index (κ1) is 15.5. The highest BCUT2D eigenvalue weighted by atomic mass is 16.3. The third-order valence-electron chi connectivity index (χ3n) is 3.25. The Morgan fingerprint density at radius 1 is 1.32 bits per heavy atom. The zero-order valence-electron chi connectivity index (χ0n) is 12.0. The van der Waals surface area contributed by atoms with Gasteiger partial charge in [-0.15, -0.1) is 0 Å². The second kappa shape index (κ2) is 6.57. The molecule has 3 N–H and O–H groups in total. The van der Waals surface area contributed by atoms with E-state index < -0.39 is 0 Å². The number of amides is 1. The normalized spacial score (nSPS) is 12.5. The number of hydrogen-bond donors (Lipinski definition) is 3. The van der Waals surface area contributed by atoms with E-state index in [1.165, 1.54) is 0 Å². The molecule has 1 aromatic carbocycles. The first-order valence-electron chi connectivity index (χ1n) is 6.58. The molecule has 1 rings (SSSR count). The lowest BCUT2D eigenvalue weighted by molar-refractivity contribution is 0.0913. The Kier molecular flexibility index (Phi) is 5.36. The first-order valence-corrected chi connectivity index (χ1v) is 6.58. The van der Waals surface area contributed by atoms with Crippen molar-refractivity contribution in [1.82, 2.24) is 5.32 Å². The Hall–Kier alpha value is -1.55. The number of aliphatic hydroxyl groups is 1. The molecular formula is C15H23NO3. The van der Waals surface area contributed by atoms with Gasteiger partial charge in [-0.1, -0.05) is 19.9 Å². The van der Waals surface area contributed by atoms with Crippen LogP contribution in [-0.4, -0.2) is 28.8 Å². The van der Waals surface area contributed by atoms with Gasteiger partial charge >= 0.3 is 0 Å². The summed E-state index contributed by atoms with van der Waals surface area (Å²) in [5, 5.41) is 21.8. The van der Waals surface area contributed by atoms with Crippen molar-refractivity contribution in [2.75, 3.05) is 6.61 Å². The Morgan fingerprint density at radius 3 is 2.47 bits per heavy atom. The van der Waals surface area contributed by atoms with Gasteiger partial charge in [-0.2, -0.15) is 0 Å². The van der Waals surface area contributed by atoms with Gasteiger partial charge in [0.1, 0.15) is 5.75 Å². The molecule has 0 fully saturated rings. The molecule has 1 amide bonds. The number of aliphatic hydroxyl groups excluding tert-OH is 1. The van der Waals surface area contributed by atoms with Crippen LogP contribution in [0.2, 0.25) is 0 Å². The topological polar surface area (TPSA) is 69.6 Å². The summed E-state index contributed by atoms with van der Waals surface area (Å²) in [5.41, 5.74) is 1.92. The summed E-state index contributed by atoms with van der Waals surface area (Å²) in [6.07, 6.45) is 0.509. The fourth-order valence-corrected chi connectivity index (χ4v) is 2.09. The predicted molar refractivity (Wildman–Crippen MR) is 75.4 cm³/mol. The van der Waals surface area contributed by atoms with Gasteiger partial charge < -0.3 is 15.5 Å². The SMILES string of the molecule is Cc1cc(C)c(O)c(C(=O)NC(CCO)C(C)C)c1. The third-order valence-corrected chi connectivity index (χ3v) is 3.25. The minimum Gasteiger partial charge on any atom is -0.507 e. The van der Waals surface area contributed by atoms with E-state index in [2.05, 4.69) is 5.32 Å². The molecule has 0 bridgehead atoms. The summed E-state index contributed by atoms with van der Waals surface area (Å²) >= 11 is 0. The Morgan fingerprint density at radius 2 is 1.95 bits per heavy atom. The average Bonchev–Trinajstić information content (AvgIpc) is 2.32. The van der Waals surface area contributed by atoms with Gasteiger partial charge in [0.2, 0.25) is 0 Å². The number of nitrogens with one attached hydrogen (secondary N) is 1. The summed E-state index contributed by atoms with van der Waals surface area (Å²) in [4.78, 5) is 12.2. The number of benzene rings is 1. The van der Waals surface area contributed by atoms with Crippen molar-refractivity contribution in [2.45, 2.75) is 40.2 Å². The van der Waals surface area contributed by atoms with E-state index in [1.807, 2.05) is 26.8 Å². The molecule has 0 saturated heterocycles. The minimum absolute atomic E-state index is 0.0228. The Balaban J connectivity index is 2.94. The maximum atomic E-state index is 12.2. The van der Waals surface area contributed by atoms with E-state index in [-0.39, 0.29) is 30.2 Å². The molecule has 0 aliphatic rings. The molecule has 0 spiro atoms. The second-order valence-corrected chi connectivity index (χ2v) is 5.31. The molecule has 0 aliphatic carbocycles. The molecule has 4 nitrogen and oxygen atoms in total. The maximum absolute atomic E-state index is 12.2. The van der Waals surface area contributed by atoms with Crippen LogP contribution in [0.25, 0.3) is 0 Å². The summed E-state index contributed by atoms with van der Waals surface area (Å²) < 4.78 is 0. The van der Waals surface area contributed by atoms with Crippen molar-refractivity contribution in [3.63, 3.8) is 0 Å². The van der Waals surface area contributed by atoms with Crippen molar-refractivity contribution < 1.29 is 15.0 Å². The van der Waals surface area contributed by atoms with Crippen molar-refractivity contribution >= 4 is 5.91 Å². The van der Waals surface area contributed by atoms with Crippen LogP contribution in [0.5, 0.6) is 5.75 Å². The van der Waals surface area contributed by atoms with Gasteiger partial charge in [0.15, 0.2) is 0 Å². The van der Waals surface area contributed by atoms with Crippen molar-refractivity contribution in [3.05, 3.63) is 28.8 Å². The van der Waals surface area contributed by atoms with Gasteiger partial charge in [0, 0.05) is 12.6 Å². The largest absolute Gasteiger partial charge is 0.507 e. The van der Waals surface area contributed by atoms with Crippen LogP contribution in [-0.2, 0) is 0 Å². The fourth-order valence-electron chi connectivity index (χ4n) is 2.09. The summed E-state index contributed by atoms with van der Waals surface area (Å²) in [6, 6.07) is 3.41. The quantitative estimate of drug-likeness (QED) is 0.764. The number of rotatable bonds is 5. The summed E-state index contributed by atoms with van der Waals surface area (Å²) in [5.74, 6) is -0.0461. The number of aromatic hydroxyl groups is 1. The van der Waals surface area contributed by atoms with Crippen LogP contribution in [0.3, 0.4) is 0 Å². The first-order chi connectivity index (χ1) is 8.86. The molecule has 1 aromatic rings. The number of carbonyl (C=O) groups excluding carboxylic acids is 1. The number of hydrogen-bond acceptors (Lipinski definition) is 3. The zero-order chi connectivity index (χ0) is 14.6. The van der Waals surface area contributed by atoms with Gasteiger partial charge in [0.25, 0.3) is 5.91 Å². The monoisotopic (exact) mass is 265 g/mol. The maximum Gasteiger partial charge on any atom is 0.255 e. The van der Waals surface area contributed by atoms with Crippen LogP contribution in [0.4, 0.5) is 0 Å². The smallest absolute Gasteiger partial charge is 0.255 e. The van der Waals surface area contributed by atoms with Crippen molar-refractivity contribution in [1.29, 1.82) is 0 Å². The van der Waals surface area contributed by atoms with Gasteiger partial charge in [-0.3, -0.25) is 4.79 Å². The van der Waals surface area contributed by atoms with Crippen LogP contribution < -0.4 is 5.32 Å². The Labute approximate surface area is 114 Å². The number of aryl methyl sites for hydroxylation is 2. The van der Waals surface area contributed by atoms with Gasteiger partial charge in [0.05, 0.1) is 5.56 Å². The second-order valence-electron chi connectivity index (χ2n) is 5.31. The van der Waals surface area contributed by atoms with Crippen molar-refractivity contribution in [3.8, 4) is 5.75 Å². The molecule has 0 aromatic heterocycles. The van der Waals surface area contributed by atoms with E-state index in [0.717, 1.165) is 5.56 Å². The number of carbonyl (C=O) groups is 1. The highest BCUT2D eigenvalue weighted by molar-refractivity contribution is 5.97. The highest BCUT2D eigenvalue weighted by Crippen LogP contribution is 2.24. The van der Waals surface area contributed by atoms with Crippen LogP contribution >= 0.6 is 0 Å². The van der Waals surface area contributed by atoms with Gasteiger partial charge in [-0.25, -0.2) is 0 Å². The lowest BCUT2D eigenvalue weighted by Gasteiger charge is -2.22. The molecule has 106 valence electrons. The van der Waals surface area contributed by atoms with Gasteiger partial charge in [-0.05, 0) is 43.4 Å². The molecule has 19 heavy (non-hydrogen) atoms. The van der Waals surface area contributed by atoms with Crippen LogP contribution in [0.1, 0.15) is 41.8 Å². The summed E-state index contributed by atoms with van der Waals surface area (Å²) in [6.45, 7) is 7.66. The molecular weight excluding hydrogens is 242 g/mol. The lowest BCUT2D eigenvalue weighted by atomic mass is 9.99. The molecule has 1 unspecified atom stereocenters. The van der Waals surface area contributed by atoms with Crippen LogP contribution in [0.15, 0.2) is 12.1 Å². The number of phenolic OH excluding ortho intramolecular Hbond substituents is 1.